The highest BCUT2D eigenvalue weighted by molar-refractivity contribution is 8.15. The Morgan fingerprint density at radius 1 is 0.974 bits per heavy atom. The molecule has 2 heterocycles. The third kappa shape index (κ3) is 5.95. The molecule has 0 aliphatic carbocycles. The monoisotopic (exact) mass is 558 g/mol. The van der Waals surface area contributed by atoms with Crippen molar-refractivity contribution in [3.63, 3.8) is 0 Å². The number of thioether (sulfide) groups is 1. The Hall–Kier alpha value is -4.59. The molecule has 1 amide bonds. The Bertz CT molecular complexity index is 1550. The molecule has 0 unspecified atom stereocenters. The number of carbonyl (C=O) groups is 1. The van der Waals surface area contributed by atoms with Crippen LogP contribution in [0.25, 0.3) is 17.1 Å². The first-order chi connectivity index (χ1) is 18.7. The first-order valence-corrected chi connectivity index (χ1v) is 12.1. The van der Waals surface area contributed by atoms with Crippen LogP contribution < -0.4 is 9.64 Å². The SMILES string of the molecule is O=C1CS/C(=N\N=C\c2ccc(-c3ncn(-c4ccc(OC(F)(F)F)cc4)n3)cc2)N1c1c(F)cccc1F. The van der Waals surface area contributed by atoms with E-state index in [1.165, 1.54) is 47.6 Å². The molecule has 1 saturated heterocycles. The molecule has 0 bridgehead atoms. The van der Waals surface area contributed by atoms with Crippen molar-refractivity contribution in [1.82, 2.24) is 14.8 Å². The van der Waals surface area contributed by atoms with Gasteiger partial charge in [0.1, 0.15) is 29.4 Å². The van der Waals surface area contributed by atoms with Crippen molar-refractivity contribution < 1.29 is 31.5 Å². The lowest BCUT2D eigenvalue weighted by molar-refractivity contribution is -0.274. The van der Waals surface area contributed by atoms with E-state index in [9.17, 15) is 26.7 Å². The van der Waals surface area contributed by atoms with Gasteiger partial charge in [0.15, 0.2) is 11.0 Å². The molecule has 1 fully saturated rings. The van der Waals surface area contributed by atoms with Crippen LogP contribution in [0.15, 0.2) is 83.3 Å². The molecule has 0 saturated carbocycles. The van der Waals surface area contributed by atoms with E-state index in [4.69, 9.17) is 0 Å². The van der Waals surface area contributed by atoms with Crippen LogP contribution in [-0.2, 0) is 4.79 Å². The molecule has 0 N–H and O–H groups in total. The Morgan fingerprint density at radius 2 is 1.67 bits per heavy atom. The Labute approximate surface area is 221 Å². The van der Waals surface area contributed by atoms with E-state index in [-0.39, 0.29) is 16.7 Å². The maximum Gasteiger partial charge on any atom is 0.573 e. The fraction of sp³-hybridized carbons (Fsp3) is 0.0800. The largest absolute Gasteiger partial charge is 0.573 e. The number of carbonyl (C=O) groups excluding carboxylic acids is 1. The highest BCUT2D eigenvalue weighted by Crippen LogP contribution is 2.31. The van der Waals surface area contributed by atoms with Crippen LogP contribution in [0.4, 0.5) is 27.6 Å². The number of aromatic nitrogens is 3. The predicted octanol–water partition coefficient (Wildman–Crippen LogP) is 5.58. The van der Waals surface area contributed by atoms with Gasteiger partial charge in [-0.1, -0.05) is 42.1 Å². The first kappa shape index (κ1) is 26.0. The first-order valence-electron chi connectivity index (χ1n) is 11.1. The third-order valence-electron chi connectivity index (χ3n) is 5.27. The molecule has 1 aromatic heterocycles. The molecule has 1 aliphatic rings. The van der Waals surface area contributed by atoms with Crippen molar-refractivity contribution >= 4 is 34.7 Å². The molecule has 0 atom stereocenters. The highest BCUT2D eigenvalue weighted by Gasteiger charge is 2.34. The summed E-state index contributed by atoms with van der Waals surface area (Å²) in [7, 11) is 0. The molecular formula is C25H15F5N6O2S. The van der Waals surface area contributed by atoms with E-state index in [2.05, 4.69) is 25.0 Å². The number of halogens is 5. The van der Waals surface area contributed by atoms with Crippen molar-refractivity contribution in [3.8, 4) is 22.8 Å². The zero-order chi connectivity index (χ0) is 27.6. The second kappa shape index (κ2) is 10.6. The van der Waals surface area contributed by atoms with Crippen LogP contribution in [0, 0.1) is 11.6 Å². The van der Waals surface area contributed by atoms with Gasteiger partial charge in [0.25, 0.3) is 0 Å². The van der Waals surface area contributed by atoms with Gasteiger partial charge in [-0.05, 0) is 42.0 Å². The van der Waals surface area contributed by atoms with Gasteiger partial charge in [0, 0.05) is 5.56 Å². The fourth-order valence-electron chi connectivity index (χ4n) is 3.54. The summed E-state index contributed by atoms with van der Waals surface area (Å²) in [4.78, 5) is 17.3. The second-order valence-electron chi connectivity index (χ2n) is 7.89. The molecule has 39 heavy (non-hydrogen) atoms. The number of anilines is 1. The number of hydrogen-bond acceptors (Lipinski definition) is 7. The van der Waals surface area contributed by atoms with Gasteiger partial charge in [-0.25, -0.2) is 18.4 Å². The average Bonchev–Trinajstić information content (AvgIpc) is 3.52. The average molecular weight is 558 g/mol. The van der Waals surface area contributed by atoms with Crippen LogP contribution in [0.5, 0.6) is 5.75 Å². The van der Waals surface area contributed by atoms with Crippen molar-refractivity contribution in [2.24, 2.45) is 10.2 Å². The number of amidine groups is 1. The Balaban J connectivity index is 1.27. The van der Waals surface area contributed by atoms with Crippen molar-refractivity contribution in [3.05, 3.63) is 90.3 Å². The van der Waals surface area contributed by atoms with Crippen molar-refractivity contribution in [1.29, 1.82) is 0 Å². The molecule has 0 radical (unpaired) electrons. The molecule has 8 nitrogen and oxygen atoms in total. The lowest BCUT2D eigenvalue weighted by Gasteiger charge is -2.16. The van der Waals surface area contributed by atoms with E-state index < -0.39 is 29.6 Å². The topological polar surface area (TPSA) is 85.0 Å². The van der Waals surface area contributed by atoms with Crippen LogP contribution in [0.3, 0.4) is 0 Å². The van der Waals surface area contributed by atoms with Crippen LogP contribution in [-0.4, -0.2) is 44.2 Å². The summed E-state index contributed by atoms with van der Waals surface area (Å²) in [6.45, 7) is 0. The quantitative estimate of drug-likeness (QED) is 0.175. The number of benzene rings is 3. The molecule has 5 rings (SSSR count). The van der Waals surface area contributed by atoms with Crippen LogP contribution in [0.1, 0.15) is 5.56 Å². The summed E-state index contributed by atoms with van der Waals surface area (Å²) < 4.78 is 70.7. The maximum atomic E-state index is 14.2. The molecule has 0 spiro atoms. The highest BCUT2D eigenvalue weighted by atomic mass is 32.2. The van der Waals surface area contributed by atoms with Gasteiger partial charge >= 0.3 is 6.36 Å². The van der Waals surface area contributed by atoms with Gasteiger partial charge in [-0.15, -0.1) is 23.4 Å². The summed E-state index contributed by atoms with van der Waals surface area (Å²) in [5.74, 6) is -2.29. The second-order valence-corrected chi connectivity index (χ2v) is 8.83. The minimum atomic E-state index is -4.78. The summed E-state index contributed by atoms with van der Waals surface area (Å²) in [5, 5.41) is 12.3. The normalized spacial score (nSPS) is 15.1. The fourth-order valence-corrected chi connectivity index (χ4v) is 4.35. The number of amides is 1. The van der Waals surface area contributed by atoms with Crippen molar-refractivity contribution in [2.45, 2.75) is 6.36 Å². The lowest BCUT2D eigenvalue weighted by atomic mass is 10.1. The van der Waals surface area contributed by atoms with Gasteiger partial charge in [0.2, 0.25) is 5.91 Å². The smallest absolute Gasteiger partial charge is 0.406 e. The minimum absolute atomic E-state index is 0.0258. The molecule has 1 aliphatic heterocycles. The summed E-state index contributed by atoms with van der Waals surface area (Å²) >= 11 is 1.01. The number of hydrogen-bond donors (Lipinski definition) is 0. The Morgan fingerprint density at radius 3 is 2.33 bits per heavy atom. The van der Waals surface area contributed by atoms with Crippen LogP contribution in [0.2, 0.25) is 0 Å². The number of para-hydroxylation sites is 1. The molecule has 4 aromatic rings. The number of ether oxygens (including phenoxy) is 1. The summed E-state index contributed by atoms with van der Waals surface area (Å²) in [6, 6.07) is 15.4. The van der Waals surface area contributed by atoms with Gasteiger partial charge < -0.3 is 4.74 Å². The van der Waals surface area contributed by atoms with Gasteiger partial charge in [-0.2, -0.15) is 5.10 Å². The van der Waals surface area contributed by atoms with Gasteiger partial charge in [0.05, 0.1) is 17.7 Å². The van der Waals surface area contributed by atoms with Gasteiger partial charge in [-0.3, -0.25) is 9.69 Å². The number of alkyl halides is 3. The van der Waals surface area contributed by atoms with E-state index in [1.54, 1.807) is 24.3 Å². The van der Waals surface area contributed by atoms with E-state index in [0.717, 1.165) is 28.8 Å². The summed E-state index contributed by atoms with van der Waals surface area (Å²) in [5.41, 5.74) is 1.29. The van der Waals surface area contributed by atoms with E-state index >= 15 is 0 Å². The standard InChI is InChI=1S/C25H15F5N6O2S/c26-19-2-1-3-20(27)22(19)36-21(37)13-39-24(36)33-32-12-15-4-6-16(7-5-15)23-31-14-35(34-23)17-8-10-18(11-9-17)38-25(28,29)30/h1-12,14H,13H2/b32-12+,33-24-. The minimum Gasteiger partial charge on any atom is -0.406 e. The van der Waals surface area contributed by atoms with E-state index in [0.29, 0.717) is 22.6 Å². The number of nitrogens with zero attached hydrogens (tertiary/aromatic N) is 6. The molecular weight excluding hydrogens is 543 g/mol. The lowest BCUT2D eigenvalue weighted by Crippen LogP contribution is -2.30. The molecule has 198 valence electrons. The number of rotatable bonds is 6. The van der Waals surface area contributed by atoms with Crippen LogP contribution >= 0.6 is 11.8 Å². The maximum absolute atomic E-state index is 14.2. The molecule has 14 heteroatoms. The molecule has 3 aromatic carbocycles. The third-order valence-corrected chi connectivity index (χ3v) is 6.19. The predicted molar refractivity (Wildman–Crippen MR) is 135 cm³/mol. The van der Waals surface area contributed by atoms with E-state index in [1.807, 2.05) is 0 Å². The summed E-state index contributed by atoms with van der Waals surface area (Å²) in [6.07, 6.45) is -1.95. The zero-order valence-corrected chi connectivity index (χ0v) is 20.3. The Kier molecular flexibility index (Phi) is 7.11. The van der Waals surface area contributed by atoms with Crippen molar-refractivity contribution in [2.75, 3.05) is 10.7 Å². The zero-order valence-electron chi connectivity index (χ0n) is 19.5.